The Bertz CT molecular complexity index is 1690. The lowest BCUT2D eigenvalue weighted by Gasteiger charge is -2.31. The van der Waals surface area contributed by atoms with Gasteiger partial charge < -0.3 is 24.5 Å². The molecule has 4 heterocycles. The van der Waals surface area contributed by atoms with E-state index in [4.69, 9.17) is 26.1 Å². The number of hydrogen-bond acceptors (Lipinski definition) is 7. The number of rotatable bonds is 4. The van der Waals surface area contributed by atoms with Crippen molar-refractivity contribution >= 4 is 34.4 Å². The summed E-state index contributed by atoms with van der Waals surface area (Å²) in [5.74, 6) is -0.988. The van der Waals surface area contributed by atoms with Crippen LogP contribution in [0.1, 0.15) is 80.0 Å². The Hall–Kier alpha value is -3.27. The Balaban J connectivity index is 1.55. The maximum atomic E-state index is 13.7. The maximum Gasteiger partial charge on any atom is 0.343 e. The predicted molar refractivity (Wildman–Crippen MR) is 149 cm³/mol. The zero-order chi connectivity index (χ0) is 28.7. The smallest absolute Gasteiger partial charge is 0.343 e. The molecule has 0 saturated carbocycles. The minimum atomic E-state index is -1.91. The van der Waals surface area contributed by atoms with Gasteiger partial charge in [-0.2, -0.15) is 0 Å². The van der Waals surface area contributed by atoms with Gasteiger partial charge in [0.1, 0.15) is 13.2 Å². The number of halogens is 1. The molecule has 0 saturated heterocycles. The Morgan fingerprint density at radius 1 is 1.27 bits per heavy atom. The Labute approximate surface area is 236 Å². The van der Waals surface area contributed by atoms with Gasteiger partial charge in [0.2, 0.25) is 5.91 Å². The molecule has 1 aromatic carbocycles. The third-order valence-electron chi connectivity index (χ3n) is 8.35. The van der Waals surface area contributed by atoms with Crippen LogP contribution in [0.4, 0.5) is 0 Å². The van der Waals surface area contributed by atoms with Crippen LogP contribution in [0, 0.1) is 6.92 Å². The van der Waals surface area contributed by atoms with Crippen LogP contribution in [0.2, 0.25) is 5.02 Å². The molecule has 1 amide bonds. The van der Waals surface area contributed by atoms with Crippen molar-refractivity contribution in [3.05, 3.63) is 60.9 Å². The van der Waals surface area contributed by atoms with Gasteiger partial charge in [0, 0.05) is 21.5 Å². The number of aromatic nitrogens is 2. The summed E-state index contributed by atoms with van der Waals surface area (Å²) >= 11 is 6.63. The number of pyridine rings is 2. The number of aliphatic hydroxyl groups is 1. The van der Waals surface area contributed by atoms with Crippen molar-refractivity contribution in [1.82, 2.24) is 14.9 Å². The number of cyclic esters (lactones) is 1. The van der Waals surface area contributed by atoms with Gasteiger partial charge in [-0.25, -0.2) is 9.78 Å². The van der Waals surface area contributed by atoms with E-state index in [1.807, 2.05) is 33.8 Å². The van der Waals surface area contributed by atoms with Crippen LogP contribution < -0.4 is 10.9 Å². The van der Waals surface area contributed by atoms with Crippen LogP contribution in [-0.4, -0.2) is 38.7 Å². The summed E-state index contributed by atoms with van der Waals surface area (Å²) in [6, 6.07) is 3.20. The average Bonchev–Trinajstić information content (AvgIpc) is 3.27. The van der Waals surface area contributed by atoms with Gasteiger partial charge in [-0.3, -0.25) is 9.59 Å². The molecule has 0 fully saturated rings. The van der Waals surface area contributed by atoms with E-state index in [9.17, 15) is 19.5 Å². The number of benzene rings is 1. The van der Waals surface area contributed by atoms with Crippen molar-refractivity contribution in [2.24, 2.45) is 0 Å². The highest BCUT2D eigenvalue weighted by Crippen LogP contribution is 2.46. The van der Waals surface area contributed by atoms with Crippen LogP contribution in [0.3, 0.4) is 0 Å². The number of nitrogens with one attached hydrogen (secondary N) is 1. The summed E-state index contributed by atoms with van der Waals surface area (Å²) < 4.78 is 12.5. The minimum absolute atomic E-state index is 0.0635. The van der Waals surface area contributed by atoms with Gasteiger partial charge >= 0.3 is 5.97 Å². The molecule has 2 aliphatic heterocycles. The van der Waals surface area contributed by atoms with Gasteiger partial charge in [-0.1, -0.05) is 18.5 Å². The molecule has 2 atom stereocenters. The van der Waals surface area contributed by atoms with Crippen LogP contribution in [0.15, 0.2) is 16.9 Å². The number of nitrogens with zero attached hydrogens (tertiary/aromatic N) is 2. The SMILES string of the molecule is CC[C@@]1(O)C(=O)OCc2c1cc1n(c2=O)Cc2c-1nc1cc(Cl)c(C)c3c1c2[C@@H](NC(=O)COC(C)(C)C)CC3. The first-order valence-electron chi connectivity index (χ1n) is 13.6. The minimum Gasteiger partial charge on any atom is -0.458 e. The second-order valence-corrected chi connectivity index (χ2v) is 12.3. The van der Waals surface area contributed by atoms with Crippen LogP contribution >= 0.6 is 11.6 Å². The van der Waals surface area contributed by atoms with Crippen LogP contribution in [-0.2, 0) is 44.2 Å². The molecule has 3 aromatic rings. The number of fused-ring (bicyclic) bond motifs is 5. The Kier molecular flexibility index (Phi) is 6.14. The largest absolute Gasteiger partial charge is 0.458 e. The zero-order valence-corrected chi connectivity index (χ0v) is 24.0. The maximum absolute atomic E-state index is 13.7. The Morgan fingerprint density at radius 3 is 2.73 bits per heavy atom. The summed E-state index contributed by atoms with van der Waals surface area (Å²) in [5.41, 5.74) is 3.43. The second-order valence-electron chi connectivity index (χ2n) is 11.9. The van der Waals surface area contributed by atoms with Crippen LogP contribution in [0.5, 0.6) is 0 Å². The number of hydrogen-bond donors (Lipinski definition) is 2. The van der Waals surface area contributed by atoms with Crippen LogP contribution in [0.25, 0.3) is 22.3 Å². The average molecular weight is 566 g/mol. The molecule has 0 bridgehead atoms. The first kappa shape index (κ1) is 26.9. The first-order chi connectivity index (χ1) is 18.8. The quantitative estimate of drug-likeness (QED) is 0.359. The van der Waals surface area contributed by atoms with E-state index < -0.39 is 17.2 Å². The molecular formula is C30H32ClN3O6. The number of carbonyl (C=O) groups is 2. The van der Waals surface area contributed by atoms with E-state index in [0.29, 0.717) is 34.8 Å². The molecule has 0 spiro atoms. The van der Waals surface area contributed by atoms with E-state index in [2.05, 4.69) is 5.32 Å². The molecule has 6 rings (SSSR count). The predicted octanol–water partition coefficient (Wildman–Crippen LogP) is 3.96. The van der Waals surface area contributed by atoms with Crippen molar-refractivity contribution in [2.45, 2.75) is 84.3 Å². The molecule has 210 valence electrons. The summed E-state index contributed by atoms with van der Waals surface area (Å²) in [6.45, 7) is 9.34. The molecule has 1 aliphatic carbocycles. The molecule has 0 radical (unpaired) electrons. The molecule has 0 unspecified atom stereocenters. The van der Waals surface area contributed by atoms with Gasteiger partial charge in [-0.05, 0) is 75.8 Å². The highest BCUT2D eigenvalue weighted by atomic mass is 35.5. The second kappa shape index (κ2) is 9.12. The molecule has 2 N–H and O–H groups in total. The standard InChI is InChI=1S/C30H32ClN3O6/c1-6-30(38)18-9-22-26-16(11-34(22)27(36)17(18)12-39-28(30)37)25-20(32-23(35)13-40-29(3,4)5)8-7-15-14(2)19(31)10-21(33-26)24(15)25/h9-10,20,38H,6-8,11-13H2,1-5H3,(H,32,35)/t20-,30-/m0/s1. The summed E-state index contributed by atoms with van der Waals surface area (Å²) in [7, 11) is 0. The third-order valence-corrected chi connectivity index (χ3v) is 8.74. The first-order valence-corrected chi connectivity index (χ1v) is 14.0. The molecule has 10 heteroatoms. The molecule has 3 aliphatic rings. The highest BCUT2D eigenvalue weighted by molar-refractivity contribution is 6.32. The summed E-state index contributed by atoms with van der Waals surface area (Å²) in [5, 5.41) is 15.9. The lowest BCUT2D eigenvalue weighted by atomic mass is 9.81. The van der Waals surface area contributed by atoms with Gasteiger partial charge in [0.15, 0.2) is 5.60 Å². The van der Waals surface area contributed by atoms with E-state index in [1.165, 1.54) is 0 Å². The van der Waals surface area contributed by atoms with Crippen molar-refractivity contribution in [3.8, 4) is 11.4 Å². The Morgan fingerprint density at radius 2 is 2.02 bits per heavy atom. The molecular weight excluding hydrogens is 534 g/mol. The number of amides is 1. The lowest BCUT2D eigenvalue weighted by molar-refractivity contribution is -0.172. The summed E-state index contributed by atoms with van der Waals surface area (Å²) in [4.78, 5) is 44.3. The molecule has 40 heavy (non-hydrogen) atoms. The monoisotopic (exact) mass is 565 g/mol. The van der Waals surface area contributed by atoms with E-state index in [1.54, 1.807) is 17.6 Å². The number of esters is 1. The molecule has 2 aromatic heterocycles. The summed E-state index contributed by atoms with van der Waals surface area (Å²) in [6.07, 6.45) is 1.43. The number of aryl methyl sites for hydroxylation is 1. The van der Waals surface area contributed by atoms with Gasteiger partial charge in [0.25, 0.3) is 5.56 Å². The normalized spacial score (nSPS) is 21.1. The van der Waals surface area contributed by atoms with Gasteiger partial charge in [0.05, 0.1) is 40.7 Å². The van der Waals surface area contributed by atoms with Crippen molar-refractivity contribution < 1.29 is 24.2 Å². The zero-order valence-electron chi connectivity index (χ0n) is 23.2. The lowest BCUT2D eigenvalue weighted by Crippen LogP contribution is -2.44. The van der Waals surface area contributed by atoms with E-state index in [0.717, 1.165) is 27.6 Å². The molecule has 9 nitrogen and oxygen atoms in total. The van der Waals surface area contributed by atoms with Gasteiger partial charge in [-0.15, -0.1) is 0 Å². The van der Waals surface area contributed by atoms with Crippen molar-refractivity contribution in [1.29, 1.82) is 0 Å². The third kappa shape index (κ3) is 3.97. The fourth-order valence-corrected chi connectivity index (χ4v) is 6.43. The van der Waals surface area contributed by atoms with E-state index in [-0.39, 0.29) is 54.8 Å². The number of carbonyl (C=O) groups excluding carboxylic acids is 2. The van der Waals surface area contributed by atoms with E-state index >= 15 is 0 Å². The number of ether oxygens (including phenoxy) is 2. The van der Waals surface area contributed by atoms with Crippen molar-refractivity contribution in [2.75, 3.05) is 6.61 Å². The van der Waals surface area contributed by atoms with Crippen molar-refractivity contribution in [3.63, 3.8) is 0 Å². The fourth-order valence-electron chi connectivity index (χ4n) is 6.22. The highest BCUT2D eigenvalue weighted by Gasteiger charge is 2.46. The topological polar surface area (TPSA) is 120 Å². The fraction of sp³-hybridized carbons (Fsp3) is 0.467.